The molecule has 0 saturated carbocycles. The van der Waals surface area contributed by atoms with Gasteiger partial charge in [0.2, 0.25) is 5.91 Å². The van der Waals surface area contributed by atoms with Gasteiger partial charge in [-0.1, -0.05) is 11.6 Å². The highest BCUT2D eigenvalue weighted by atomic mass is 16.1. The first kappa shape index (κ1) is 11.9. The first-order chi connectivity index (χ1) is 8.34. The summed E-state index contributed by atoms with van der Waals surface area (Å²) in [6.07, 6.45) is 8.99. The lowest BCUT2D eigenvalue weighted by Gasteiger charge is -2.14. The number of carbonyl (C=O) groups is 1. The van der Waals surface area contributed by atoms with E-state index in [2.05, 4.69) is 21.7 Å². The SMILES string of the molecule is O=C(CCn1ccnc1)NCC1=CCNCC1. The van der Waals surface area contributed by atoms with E-state index in [0.717, 1.165) is 19.5 Å². The van der Waals surface area contributed by atoms with Gasteiger partial charge >= 0.3 is 0 Å². The summed E-state index contributed by atoms with van der Waals surface area (Å²) >= 11 is 0. The second-order valence-electron chi connectivity index (χ2n) is 4.14. The topological polar surface area (TPSA) is 59.0 Å². The summed E-state index contributed by atoms with van der Waals surface area (Å²) in [5, 5.41) is 6.19. The van der Waals surface area contributed by atoms with E-state index in [0.29, 0.717) is 19.5 Å². The highest BCUT2D eigenvalue weighted by Gasteiger charge is 2.05. The van der Waals surface area contributed by atoms with Gasteiger partial charge in [-0.2, -0.15) is 0 Å². The van der Waals surface area contributed by atoms with Crippen molar-refractivity contribution < 1.29 is 4.79 Å². The normalized spacial score (nSPS) is 15.4. The molecule has 1 aromatic rings. The Morgan fingerprint density at radius 1 is 1.59 bits per heavy atom. The number of carbonyl (C=O) groups excluding carboxylic acids is 1. The van der Waals surface area contributed by atoms with Crippen LogP contribution in [0.1, 0.15) is 12.8 Å². The molecule has 2 rings (SSSR count). The molecule has 0 radical (unpaired) electrons. The van der Waals surface area contributed by atoms with Gasteiger partial charge in [-0.25, -0.2) is 4.98 Å². The van der Waals surface area contributed by atoms with Crippen molar-refractivity contribution in [1.82, 2.24) is 20.2 Å². The molecule has 0 saturated heterocycles. The molecule has 0 aromatic carbocycles. The Morgan fingerprint density at radius 3 is 3.24 bits per heavy atom. The van der Waals surface area contributed by atoms with Crippen molar-refractivity contribution in [1.29, 1.82) is 0 Å². The van der Waals surface area contributed by atoms with E-state index in [1.165, 1.54) is 5.57 Å². The third-order valence-electron chi connectivity index (χ3n) is 2.83. The lowest BCUT2D eigenvalue weighted by atomic mass is 10.1. The van der Waals surface area contributed by atoms with Gasteiger partial charge in [0.15, 0.2) is 0 Å². The third kappa shape index (κ3) is 4.03. The number of nitrogens with zero attached hydrogens (tertiary/aromatic N) is 2. The molecule has 2 N–H and O–H groups in total. The molecule has 1 aromatic heterocycles. The maximum absolute atomic E-state index is 11.6. The number of hydrogen-bond acceptors (Lipinski definition) is 3. The van der Waals surface area contributed by atoms with E-state index in [4.69, 9.17) is 0 Å². The van der Waals surface area contributed by atoms with Crippen LogP contribution >= 0.6 is 0 Å². The third-order valence-corrected chi connectivity index (χ3v) is 2.83. The molecule has 17 heavy (non-hydrogen) atoms. The van der Waals surface area contributed by atoms with Crippen LogP contribution in [-0.4, -0.2) is 35.1 Å². The average Bonchev–Trinajstić information content (AvgIpc) is 2.88. The van der Waals surface area contributed by atoms with E-state index < -0.39 is 0 Å². The van der Waals surface area contributed by atoms with Crippen LogP contribution in [0, 0.1) is 0 Å². The van der Waals surface area contributed by atoms with Crippen LogP contribution in [0.2, 0.25) is 0 Å². The van der Waals surface area contributed by atoms with Crippen LogP contribution < -0.4 is 10.6 Å². The summed E-state index contributed by atoms with van der Waals surface area (Å²) in [6, 6.07) is 0. The summed E-state index contributed by atoms with van der Waals surface area (Å²) in [5.41, 5.74) is 1.32. The number of rotatable bonds is 5. The zero-order chi connectivity index (χ0) is 11.9. The highest BCUT2D eigenvalue weighted by molar-refractivity contribution is 5.76. The van der Waals surface area contributed by atoms with Crippen LogP contribution in [0.3, 0.4) is 0 Å². The minimum absolute atomic E-state index is 0.0955. The summed E-state index contributed by atoms with van der Waals surface area (Å²) in [7, 11) is 0. The lowest BCUT2D eigenvalue weighted by molar-refractivity contribution is -0.121. The van der Waals surface area contributed by atoms with Crippen LogP contribution in [0.15, 0.2) is 30.4 Å². The van der Waals surface area contributed by atoms with Gasteiger partial charge in [0.05, 0.1) is 6.33 Å². The Morgan fingerprint density at radius 2 is 2.53 bits per heavy atom. The summed E-state index contributed by atoms with van der Waals surface area (Å²) in [6.45, 7) is 3.30. The largest absolute Gasteiger partial charge is 0.352 e. The number of aryl methyl sites for hydroxylation is 1. The maximum atomic E-state index is 11.6. The highest BCUT2D eigenvalue weighted by Crippen LogP contribution is 2.02. The molecular weight excluding hydrogens is 216 g/mol. The van der Waals surface area contributed by atoms with Gasteiger partial charge in [0, 0.05) is 38.4 Å². The maximum Gasteiger partial charge on any atom is 0.222 e. The Kier molecular flexibility index (Phi) is 4.32. The van der Waals surface area contributed by atoms with Crippen LogP contribution in [-0.2, 0) is 11.3 Å². The Hall–Kier alpha value is -1.62. The van der Waals surface area contributed by atoms with Gasteiger partial charge in [0.25, 0.3) is 0 Å². The number of imidazole rings is 1. The quantitative estimate of drug-likeness (QED) is 0.721. The van der Waals surface area contributed by atoms with Crippen molar-refractivity contribution in [3.05, 3.63) is 30.4 Å². The van der Waals surface area contributed by atoms with Crippen LogP contribution in [0.25, 0.3) is 0 Å². The van der Waals surface area contributed by atoms with E-state index >= 15 is 0 Å². The first-order valence-corrected chi connectivity index (χ1v) is 5.95. The van der Waals surface area contributed by atoms with E-state index in [1.807, 2.05) is 10.8 Å². The zero-order valence-corrected chi connectivity index (χ0v) is 9.85. The fourth-order valence-corrected chi connectivity index (χ4v) is 1.78. The molecule has 0 aliphatic carbocycles. The number of hydrogen-bond donors (Lipinski definition) is 2. The van der Waals surface area contributed by atoms with Gasteiger partial charge in [-0.3, -0.25) is 4.79 Å². The predicted octanol–water partition coefficient (Wildman–Crippen LogP) is 0.309. The molecule has 2 heterocycles. The van der Waals surface area contributed by atoms with Crippen molar-refractivity contribution in [3.63, 3.8) is 0 Å². The van der Waals surface area contributed by atoms with Crippen LogP contribution in [0.4, 0.5) is 0 Å². The van der Waals surface area contributed by atoms with Gasteiger partial charge in [-0.05, 0) is 13.0 Å². The van der Waals surface area contributed by atoms with E-state index in [9.17, 15) is 4.79 Å². The molecule has 5 heteroatoms. The minimum atomic E-state index is 0.0955. The summed E-state index contributed by atoms with van der Waals surface area (Å²) < 4.78 is 1.91. The smallest absolute Gasteiger partial charge is 0.222 e. The fraction of sp³-hybridized carbons (Fsp3) is 0.500. The van der Waals surface area contributed by atoms with Crippen molar-refractivity contribution in [2.24, 2.45) is 0 Å². The molecule has 0 fully saturated rings. The number of nitrogens with one attached hydrogen (secondary N) is 2. The molecule has 0 spiro atoms. The Labute approximate surface area is 101 Å². The van der Waals surface area contributed by atoms with Crippen molar-refractivity contribution >= 4 is 5.91 Å². The standard InChI is InChI=1S/C12H18N4O/c17-12(3-7-16-8-6-14-10-16)15-9-11-1-4-13-5-2-11/h1,6,8,10,13H,2-5,7,9H2,(H,15,17). The Bertz CT molecular complexity index is 383. The predicted molar refractivity (Wildman–Crippen MR) is 65.4 cm³/mol. The average molecular weight is 234 g/mol. The molecule has 0 unspecified atom stereocenters. The summed E-state index contributed by atoms with van der Waals surface area (Å²) in [5.74, 6) is 0.0955. The number of aromatic nitrogens is 2. The molecule has 92 valence electrons. The minimum Gasteiger partial charge on any atom is -0.352 e. The molecule has 1 aliphatic rings. The molecular formula is C12H18N4O. The molecule has 1 amide bonds. The first-order valence-electron chi connectivity index (χ1n) is 5.95. The van der Waals surface area contributed by atoms with Crippen molar-refractivity contribution in [2.75, 3.05) is 19.6 Å². The molecule has 0 atom stereocenters. The monoisotopic (exact) mass is 234 g/mol. The molecule has 5 nitrogen and oxygen atoms in total. The second kappa shape index (κ2) is 6.20. The number of amides is 1. The fourth-order valence-electron chi connectivity index (χ4n) is 1.78. The van der Waals surface area contributed by atoms with Crippen LogP contribution in [0.5, 0.6) is 0 Å². The van der Waals surface area contributed by atoms with E-state index in [-0.39, 0.29) is 5.91 Å². The Balaban J connectivity index is 1.65. The van der Waals surface area contributed by atoms with Crippen molar-refractivity contribution in [2.45, 2.75) is 19.4 Å². The zero-order valence-electron chi connectivity index (χ0n) is 9.85. The van der Waals surface area contributed by atoms with E-state index in [1.54, 1.807) is 12.5 Å². The van der Waals surface area contributed by atoms with Gasteiger partial charge < -0.3 is 15.2 Å². The summed E-state index contributed by atoms with van der Waals surface area (Å²) in [4.78, 5) is 15.5. The second-order valence-corrected chi connectivity index (χ2v) is 4.14. The van der Waals surface area contributed by atoms with Gasteiger partial charge in [0.1, 0.15) is 0 Å². The molecule has 0 bridgehead atoms. The van der Waals surface area contributed by atoms with Gasteiger partial charge in [-0.15, -0.1) is 0 Å². The van der Waals surface area contributed by atoms with Crippen molar-refractivity contribution in [3.8, 4) is 0 Å². The lowest BCUT2D eigenvalue weighted by Crippen LogP contribution is -2.30. The molecule has 1 aliphatic heterocycles.